The first kappa shape index (κ1) is 24.2. The van der Waals surface area contributed by atoms with Crippen LogP contribution in [0.2, 0.25) is 0 Å². The van der Waals surface area contributed by atoms with Crippen LogP contribution in [0.4, 0.5) is 0 Å². The highest BCUT2D eigenvalue weighted by Gasteiger charge is 2.31. The predicted octanol–water partition coefficient (Wildman–Crippen LogP) is 4.54. The van der Waals surface area contributed by atoms with Crippen molar-refractivity contribution in [2.45, 2.75) is 31.8 Å². The summed E-state index contributed by atoms with van der Waals surface area (Å²) in [5.74, 6) is -0.232. The average molecular weight is 445 g/mol. The van der Waals surface area contributed by atoms with Crippen LogP contribution >= 0.6 is 0 Å². The highest BCUT2D eigenvalue weighted by atomic mass is 16.5. The van der Waals surface area contributed by atoms with Gasteiger partial charge >= 0.3 is 0 Å². The molecule has 0 aliphatic heterocycles. The van der Waals surface area contributed by atoms with E-state index in [1.54, 1.807) is 12.0 Å². The first-order valence-electron chi connectivity index (χ1n) is 11.4. The lowest BCUT2D eigenvalue weighted by Gasteiger charge is -2.32. The van der Waals surface area contributed by atoms with Gasteiger partial charge in [-0.25, -0.2) is 0 Å². The van der Waals surface area contributed by atoms with E-state index in [2.05, 4.69) is 5.32 Å². The fourth-order valence-electron chi connectivity index (χ4n) is 3.78. The van der Waals surface area contributed by atoms with Crippen molar-refractivity contribution in [3.63, 3.8) is 0 Å². The van der Waals surface area contributed by atoms with Gasteiger partial charge in [0.2, 0.25) is 11.8 Å². The van der Waals surface area contributed by atoms with E-state index in [1.807, 2.05) is 91.0 Å². The van der Waals surface area contributed by atoms with E-state index in [9.17, 15) is 9.59 Å². The smallest absolute Gasteiger partial charge is 0.247 e. The lowest BCUT2D eigenvalue weighted by atomic mass is 10.0. The van der Waals surface area contributed by atoms with Crippen LogP contribution in [0.5, 0.6) is 0 Å². The molecule has 2 amide bonds. The van der Waals surface area contributed by atoms with Crippen LogP contribution in [-0.2, 0) is 27.3 Å². The molecule has 0 saturated heterocycles. The molecule has 5 nitrogen and oxygen atoms in total. The topological polar surface area (TPSA) is 58.6 Å². The van der Waals surface area contributed by atoms with Gasteiger partial charge in [-0.2, -0.15) is 0 Å². The molecule has 0 spiro atoms. The van der Waals surface area contributed by atoms with E-state index in [-0.39, 0.29) is 11.8 Å². The summed E-state index contributed by atoms with van der Waals surface area (Å²) in [5, 5.41) is 3.00. The number of nitrogens with zero attached hydrogens (tertiary/aromatic N) is 1. The first-order chi connectivity index (χ1) is 16.2. The van der Waals surface area contributed by atoms with Crippen molar-refractivity contribution in [3.8, 4) is 0 Å². The molecule has 1 N–H and O–H groups in total. The number of nitrogens with one attached hydrogen (secondary N) is 1. The fraction of sp³-hybridized carbons (Fsp3) is 0.286. The van der Waals surface area contributed by atoms with Crippen molar-refractivity contribution in [1.29, 1.82) is 0 Å². The Labute approximate surface area is 196 Å². The lowest BCUT2D eigenvalue weighted by molar-refractivity contribution is -0.141. The Bertz CT molecular complexity index is 978. The molecular weight excluding hydrogens is 412 g/mol. The molecule has 0 bridgehead atoms. The van der Waals surface area contributed by atoms with Gasteiger partial charge in [-0.15, -0.1) is 0 Å². The Hall–Kier alpha value is -3.44. The number of carbonyl (C=O) groups is 2. The highest BCUT2D eigenvalue weighted by molar-refractivity contribution is 5.88. The van der Waals surface area contributed by atoms with Gasteiger partial charge in [0.1, 0.15) is 6.04 Å². The van der Waals surface area contributed by atoms with Crippen molar-refractivity contribution in [3.05, 3.63) is 108 Å². The highest BCUT2D eigenvalue weighted by Crippen LogP contribution is 2.25. The number of hydrogen-bond donors (Lipinski definition) is 1. The second kappa shape index (κ2) is 13.2. The summed E-state index contributed by atoms with van der Waals surface area (Å²) in [6.07, 6.45) is 1.67. The number of hydrogen-bond acceptors (Lipinski definition) is 3. The summed E-state index contributed by atoms with van der Waals surface area (Å²) in [7, 11) is 1.64. The summed E-state index contributed by atoms with van der Waals surface area (Å²) in [4.78, 5) is 28.6. The van der Waals surface area contributed by atoms with Gasteiger partial charge in [0.15, 0.2) is 0 Å². The van der Waals surface area contributed by atoms with Crippen LogP contribution in [0.25, 0.3) is 0 Å². The van der Waals surface area contributed by atoms with E-state index >= 15 is 0 Å². The minimum atomic E-state index is -0.711. The van der Waals surface area contributed by atoms with Gasteiger partial charge < -0.3 is 15.0 Å². The molecule has 0 aliphatic rings. The van der Waals surface area contributed by atoms with Crippen molar-refractivity contribution in [2.24, 2.45) is 0 Å². The van der Waals surface area contributed by atoms with Gasteiger partial charge in [0.25, 0.3) is 0 Å². The Balaban J connectivity index is 1.86. The Morgan fingerprint density at radius 1 is 0.848 bits per heavy atom. The lowest BCUT2D eigenvalue weighted by Crippen LogP contribution is -2.43. The zero-order valence-electron chi connectivity index (χ0n) is 19.2. The standard InChI is InChI=1S/C28H32N2O3/c1-33-21-11-20-29-28(32)27(25-16-9-4-10-17-25)30(22-24-14-7-3-8-15-24)26(31)19-18-23-12-5-2-6-13-23/h2-10,12-17,27H,11,18-22H2,1H3,(H,29,32)/t27-/m0/s1. The van der Waals surface area contributed by atoms with Crippen molar-refractivity contribution in [1.82, 2.24) is 10.2 Å². The largest absolute Gasteiger partial charge is 0.385 e. The van der Waals surface area contributed by atoms with E-state index in [1.165, 1.54) is 0 Å². The average Bonchev–Trinajstić information content (AvgIpc) is 2.87. The molecule has 0 heterocycles. The molecule has 1 atom stereocenters. The third-order valence-electron chi connectivity index (χ3n) is 5.49. The third kappa shape index (κ3) is 7.58. The van der Waals surface area contributed by atoms with Crippen LogP contribution in [-0.4, -0.2) is 37.0 Å². The summed E-state index contributed by atoms with van der Waals surface area (Å²) in [5.41, 5.74) is 2.88. The molecule has 0 aliphatic carbocycles. The summed E-state index contributed by atoms with van der Waals surface area (Å²) >= 11 is 0. The van der Waals surface area contributed by atoms with Crippen LogP contribution < -0.4 is 5.32 Å². The third-order valence-corrected chi connectivity index (χ3v) is 5.49. The molecule has 0 aromatic heterocycles. The van der Waals surface area contributed by atoms with Crippen molar-refractivity contribution in [2.75, 3.05) is 20.3 Å². The second-order valence-electron chi connectivity index (χ2n) is 7.94. The van der Waals surface area contributed by atoms with E-state index in [4.69, 9.17) is 4.74 Å². The van der Waals surface area contributed by atoms with Gasteiger partial charge in [-0.3, -0.25) is 9.59 Å². The molecule has 0 fully saturated rings. The zero-order chi connectivity index (χ0) is 23.3. The minimum absolute atomic E-state index is 0.0522. The van der Waals surface area contributed by atoms with Crippen molar-refractivity contribution < 1.29 is 14.3 Å². The molecule has 172 valence electrons. The van der Waals surface area contributed by atoms with Gasteiger partial charge in [-0.05, 0) is 29.5 Å². The van der Waals surface area contributed by atoms with Crippen molar-refractivity contribution >= 4 is 11.8 Å². The Morgan fingerprint density at radius 3 is 2.03 bits per heavy atom. The van der Waals surface area contributed by atoms with Crippen LogP contribution in [0, 0.1) is 0 Å². The van der Waals surface area contributed by atoms with Crippen LogP contribution in [0.15, 0.2) is 91.0 Å². The van der Waals surface area contributed by atoms with E-state index < -0.39 is 6.04 Å². The monoisotopic (exact) mass is 444 g/mol. The molecule has 33 heavy (non-hydrogen) atoms. The quantitative estimate of drug-likeness (QED) is 0.417. The number of rotatable bonds is 12. The number of methoxy groups -OCH3 is 1. The van der Waals surface area contributed by atoms with Crippen LogP contribution in [0.1, 0.15) is 35.6 Å². The molecular formula is C28H32N2O3. The maximum atomic E-state index is 13.5. The molecule has 3 rings (SSSR count). The molecule has 0 unspecified atom stereocenters. The zero-order valence-corrected chi connectivity index (χ0v) is 19.2. The summed E-state index contributed by atoms with van der Waals surface area (Å²) < 4.78 is 5.09. The number of amides is 2. The predicted molar refractivity (Wildman–Crippen MR) is 130 cm³/mol. The first-order valence-corrected chi connectivity index (χ1v) is 11.4. The van der Waals surface area contributed by atoms with Gasteiger partial charge in [0, 0.05) is 33.2 Å². The Kier molecular flexibility index (Phi) is 9.67. The van der Waals surface area contributed by atoms with Gasteiger partial charge in [0.05, 0.1) is 0 Å². The number of carbonyl (C=O) groups excluding carboxylic acids is 2. The van der Waals surface area contributed by atoms with E-state index in [0.717, 1.165) is 16.7 Å². The molecule has 0 radical (unpaired) electrons. The maximum absolute atomic E-state index is 13.5. The molecule has 3 aromatic rings. The Morgan fingerprint density at radius 2 is 1.42 bits per heavy atom. The fourth-order valence-corrected chi connectivity index (χ4v) is 3.78. The summed E-state index contributed by atoms with van der Waals surface area (Å²) in [6.45, 7) is 1.42. The summed E-state index contributed by atoms with van der Waals surface area (Å²) in [6, 6.07) is 28.6. The second-order valence-corrected chi connectivity index (χ2v) is 7.94. The normalized spacial score (nSPS) is 11.5. The number of aryl methyl sites for hydroxylation is 1. The number of benzene rings is 3. The van der Waals surface area contributed by atoms with E-state index in [0.29, 0.717) is 39.0 Å². The maximum Gasteiger partial charge on any atom is 0.247 e. The minimum Gasteiger partial charge on any atom is -0.385 e. The van der Waals surface area contributed by atoms with Gasteiger partial charge in [-0.1, -0.05) is 91.0 Å². The van der Waals surface area contributed by atoms with Crippen LogP contribution in [0.3, 0.4) is 0 Å². The molecule has 0 saturated carbocycles. The SMILES string of the molecule is COCCCNC(=O)[C@H](c1ccccc1)N(Cc1ccccc1)C(=O)CCc1ccccc1. The molecule has 5 heteroatoms. The molecule has 3 aromatic carbocycles. The number of ether oxygens (including phenoxy) is 1.